The molecule has 0 bridgehead atoms. The van der Waals surface area contributed by atoms with Crippen LogP contribution in [0, 0.1) is 24.2 Å². The predicted molar refractivity (Wildman–Crippen MR) is 69.4 cm³/mol. The van der Waals surface area contributed by atoms with Crippen LogP contribution in [-0.2, 0) is 0 Å². The van der Waals surface area contributed by atoms with Gasteiger partial charge >= 0.3 is 0 Å². The SMILES string of the molecule is Cc1ccc(C#N)c(OC2CCC(CO)CC2)c1. The summed E-state index contributed by atoms with van der Waals surface area (Å²) in [5.74, 6) is 1.13. The molecule has 0 amide bonds. The molecule has 0 aliphatic heterocycles. The third kappa shape index (κ3) is 3.02. The van der Waals surface area contributed by atoms with Crippen LogP contribution in [0.25, 0.3) is 0 Å². The van der Waals surface area contributed by atoms with Gasteiger partial charge in [0.05, 0.1) is 11.7 Å². The highest BCUT2D eigenvalue weighted by atomic mass is 16.5. The molecule has 0 aromatic heterocycles. The van der Waals surface area contributed by atoms with Crippen molar-refractivity contribution >= 4 is 0 Å². The lowest BCUT2D eigenvalue weighted by molar-refractivity contribution is 0.104. The van der Waals surface area contributed by atoms with E-state index in [0.29, 0.717) is 17.2 Å². The van der Waals surface area contributed by atoms with Crippen LogP contribution in [0.2, 0.25) is 0 Å². The third-order valence-corrected chi connectivity index (χ3v) is 3.60. The van der Waals surface area contributed by atoms with Crippen LogP contribution in [0.4, 0.5) is 0 Å². The van der Waals surface area contributed by atoms with Crippen molar-refractivity contribution in [2.45, 2.75) is 38.7 Å². The van der Waals surface area contributed by atoms with Crippen molar-refractivity contribution in [3.63, 3.8) is 0 Å². The molecular weight excluding hydrogens is 226 g/mol. The minimum atomic E-state index is 0.182. The first kappa shape index (κ1) is 12.9. The average molecular weight is 245 g/mol. The number of rotatable bonds is 3. The Morgan fingerprint density at radius 3 is 2.67 bits per heavy atom. The summed E-state index contributed by atoms with van der Waals surface area (Å²) in [7, 11) is 0. The quantitative estimate of drug-likeness (QED) is 0.890. The maximum Gasteiger partial charge on any atom is 0.137 e. The number of aliphatic hydroxyl groups is 1. The molecule has 18 heavy (non-hydrogen) atoms. The topological polar surface area (TPSA) is 53.2 Å². The van der Waals surface area contributed by atoms with Gasteiger partial charge in [-0.25, -0.2) is 0 Å². The van der Waals surface area contributed by atoms with Crippen molar-refractivity contribution in [3.8, 4) is 11.8 Å². The molecular formula is C15H19NO2. The fourth-order valence-electron chi connectivity index (χ4n) is 2.43. The van der Waals surface area contributed by atoms with E-state index in [9.17, 15) is 0 Å². The summed E-state index contributed by atoms with van der Waals surface area (Å²) in [6.07, 6.45) is 4.12. The van der Waals surface area contributed by atoms with Gasteiger partial charge in [-0.1, -0.05) is 6.07 Å². The zero-order valence-corrected chi connectivity index (χ0v) is 10.7. The van der Waals surface area contributed by atoms with Crippen molar-refractivity contribution in [2.24, 2.45) is 5.92 Å². The molecule has 0 heterocycles. The number of aliphatic hydroxyl groups excluding tert-OH is 1. The monoisotopic (exact) mass is 245 g/mol. The smallest absolute Gasteiger partial charge is 0.137 e. The van der Waals surface area contributed by atoms with Gasteiger partial charge < -0.3 is 9.84 Å². The molecule has 1 aliphatic rings. The van der Waals surface area contributed by atoms with E-state index < -0.39 is 0 Å². The maximum atomic E-state index is 9.10. The van der Waals surface area contributed by atoms with Crippen molar-refractivity contribution in [2.75, 3.05) is 6.61 Å². The largest absolute Gasteiger partial charge is 0.489 e. The van der Waals surface area contributed by atoms with Crippen LogP contribution in [0.5, 0.6) is 5.75 Å². The van der Waals surface area contributed by atoms with Gasteiger partial charge in [0, 0.05) is 6.61 Å². The molecule has 3 nitrogen and oxygen atoms in total. The number of nitriles is 1. The second-order valence-corrected chi connectivity index (χ2v) is 5.05. The molecule has 1 fully saturated rings. The number of ether oxygens (including phenoxy) is 1. The number of benzene rings is 1. The standard InChI is InChI=1S/C15H19NO2/c1-11-2-5-13(9-16)15(8-11)18-14-6-3-12(10-17)4-7-14/h2,5,8,12,14,17H,3-4,6-7,10H2,1H3. The van der Waals surface area contributed by atoms with Crippen LogP contribution in [0.1, 0.15) is 36.8 Å². The van der Waals surface area contributed by atoms with Gasteiger partial charge in [-0.05, 0) is 56.2 Å². The first-order chi connectivity index (χ1) is 8.72. The number of hydrogen-bond donors (Lipinski definition) is 1. The number of nitrogens with zero attached hydrogens (tertiary/aromatic N) is 1. The van der Waals surface area contributed by atoms with E-state index in [2.05, 4.69) is 6.07 Å². The Hall–Kier alpha value is -1.53. The molecule has 0 unspecified atom stereocenters. The Morgan fingerprint density at radius 1 is 1.33 bits per heavy atom. The van der Waals surface area contributed by atoms with Gasteiger partial charge in [-0.2, -0.15) is 5.26 Å². The third-order valence-electron chi connectivity index (χ3n) is 3.60. The van der Waals surface area contributed by atoms with Crippen molar-refractivity contribution in [1.29, 1.82) is 5.26 Å². The van der Waals surface area contributed by atoms with Gasteiger partial charge in [0.15, 0.2) is 0 Å². The fraction of sp³-hybridized carbons (Fsp3) is 0.533. The Labute approximate surface area is 108 Å². The van der Waals surface area contributed by atoms with Crippen molar-refractivity contribution < 1.29 is 9.84 Å². The molecule has 96 valence electrons. The van der Waals surface area contributed by atoms with Crippen LogP contribution in [0.3, 0.4) is 0 Å². The molecule has 1 N–H and O–H groups in total. The minimum absolute atomic E-state index is 0.182. The van der Waals surface area contributed by atoms with Gasteiger partial charge in [-0.3, -0.25) is 0 Å². The van der Waals surface area contributed by atoms with Crippen molar-refractivity contribution in [1.82, 2.24) is 0 Å². The molecule has 3 heteroatoms. The van der Waals surface area contributed by atoms with Crippen LogP contribution in [-0.4, -0.2) is 17.8 Å². The maximum absolute atomic E-state index is 9.10. The zero-order chi connectivity index (χ0) is 13.0. The molecule has 1 aromatic carbocycles. The highest BCUT2D eigenvalue weighted by molar-refractivity contribution is 5.45. The van der Waals surface area contributed by atoms with E-state index in [1.807, 2.05) is 25.1 Å². The predicted octanol–water partition coefficient (Wildman–Crippen LogP) is 2.80. The fourth-order valence-corrected chi connectivity index (χ4v) is 2.43. The second kappa shape index (κ2) is 5.88. The van der Waals surface area contributed by atoms with Gasteiger partial charge in [-0.15, -0.1) is 0 Å². The Morgan fingerprint density at radius 2 is 2.06 bits per heavy atom. The summed E-state index contributed by atoms with van der Waals surface area (Å²) >= 11 is 0. The summed E-state index contributed by atoms with van der Waals surface area (Å²) in [6, 6.07) is 7.83. The summed E-state index contributed by atoms with van der Waals surface area (Å²) in [5.41, 5.74) is 1.71. The van der Waals surface area contributed by atoms with Gasteiger partial charge in [0.1, 0.15) is 11.8 Å². The Balaban J connectivity index is 2.02. The Bertz CT molecular complexity index is 442. The van der Waals surface area contributed by atoms with Crippen LogP contribution >= 0.6 is 0 Å². The molecule has 1 saturated carbocycles. The summed E-state index contributed by atoms with van der Waals surface area (Å²) in [4.78, 5) is 0. The highest BCUT2D eigenvalue weighted by Gasteiger charge is 2.22. The second-order valence-electron chi connectivity index (χ2n) is 5.05. The number of hydrogen-bond acceptors (Lipinski definition) is 3. The summed E-state index contributed by atoms with van der Waals surface area (Å²) < 4.78 is 5.95. The molecule has 0 saturated heterocycles. The molecule has 0 spiro atoms. The van der Waals surface area contributed by atoms with E-state index in [1.54, 1.807) is 0 Å². The average Bonchev–Trinajstić information content (AvgIpc) is 2.40. The van der Waals surface area contributed by atoms with E-state index in [4.69, 9.17) is 15.1 Å². The van der Waals surface area contributed by atoms with E-state index in [-0.39, 0.29) is 12.7 Å². The molecule has 1 aliphatic carbocycles. The summed E-state index contributed by atoms with van der Waals surface area (Å²) in [6.45, 7) is 2.28. The van der Waals surface area contributed by atoms with Crippen LogP contribution < -0.4 is 4.74 Å². The number of aryl methyl sites for hydroxylation is 1. The molecule has 0 radical (unpaired) electrons. The van der Waals surface area contributed by atoms with E-state index in [1.165, 1.54) is 0 Å². The van der Waals surface area contributed by atoms with E-state index >= 15 is 0 Å². The zero-order valence-electron chi connectivity index (χ0n) is 10.7. The molecule has 0 atom stereocenters. The normalized spacial score (nSPS) is 23.4. The van der Waals surface area contributed by atoms with E-state index in [0.717, 1.165) is 31.2 Å². The first-order valence-corrected chi connectivity index (χ1v) is 6.51. The lowest BCUT2D eigenvalue weighted by Gasteiger charge is -2.28. The van der Waals surface area contributed by atoms with Crippen LogP contribution in [0.15, 0.2) is 18.2 Å². The van der Waals surface area contributed by atoms with Crippen molar-refractivity contribution in [3.05, 3.63) is 29.3 Å². The first-order valence-electron chi connectivity index (χ1n) is 6.51. The summed E-state index contributed by atoms with van der Waals surface area (Å²) in [5, 5.41) is 18.2. The van der Waals surface area contributed by atoms with Gasteiger partial charge in [0.2, 0.25) is 0 Å². The molecule has 1 aromatic rings. The Kier molecular flexibility index (Phi) is 4.22. The van der Waals surface area contributed by atoms with Gasteiger partial charge in [0.25, 0.3) is 0 Å². The molecule has 2 rings (SSSR count). The lowest BCUT2D eigenvalue weighted by atomic mass is 9.88. The minimum Gasteiger partial charge on any atom is -0.489 e. The lowest BCUT2D eigenvalue weighted by Crippen LogP contribution is -2.25. The highest BCUT2D eigenvalue weighted by Crippen LogP contribution is 2.29.